The summed E-state index contributed by atoms with van der Waals surface area (Å²) >= 11 is 2.06. The van der Waals surface area contributed by atoms with Crippen molar-refractivity contribution in [1.29, 1.82) is 0 Å². The van der Waals surface area contributed by atoms with Gasteiger partial charge in [0.15, 0.2) is 0 Å². The number of nitrogens with zero attached hydrogens (tertiary/aromatic N) is 1. The molecule has 0 aromatic carbocycles. The quantitative estimate of drug-likeness (QED) is 0.553. The van der Waals surface area contributed by atoms with Crippen LogP contribution in [0.2, 0.25) is 0 Å². The zero-order chi connectivity index (χ0) is 6.85. The van der Waals surface area contributed by atoms with Crippen molar-refractivity contribution >= 4 is 11.8 Å². The summed E-state index contributed by atoms with van der Waals surface area (Å²) in [5.41, 5.74) is 0. The number of thioether (sulfide) groups is 1. The highest BCUT2D eigenvalue weighted by Gasteiger charge is 2.25. The van der Waals surface area contributed by atoms with Crippen LogP contribution in [0.5, 0.6) is 0 Å². The number of hydrogen-bond donors (Lipinski definition) is 0. The van der Waals surface area contributed by atoms with Gasteiger partial charge < -0.3 is 0 Å². The van der Waals surface area contributed by atoms with Gasteiger partial charge in [0.05, 0.1) is 0 Å². The van der Waals surface area contributed by atoms with Gasteiger partial charge in [0.2, 0.25) is 0 Å². The van der Waals surface area contributed by atoms with Gasteiger partial charge in [-0.1, -0.05) is 13.8 Å². The second-order valence-corrected chi connectivity index (χ2v) is 3.98. The van der Waals surface area contributed by atoms with E-state index in [0.717, 1.165) is 11.3 Å². The van der Waals surface area contributed by atoms with E-state index in [4.69, 9.17) is 0 Å². The van der Waals surface area contributed by atoms with E-state index in [2.05, 4.69) is 37.4 Å². The third-order valence-electron chi connectivity index (χ3n) is 2.16. The Hall–Kier alpha value is 0.310. The molecule has 0 amide bonds. The van der Waals surface area contributed by atoms with Crippen LogP contribution in [0.15, 0.2) is 0 Å². The Bertz CT molecular complexity index is 94.9. The Balaban J connectivity index is 2.41. The molecule has 0 saturated carbocycles. The molecule has 1 rings (SSSR count). The second kappa shape index (κ2) is 2.93. The number of rotatable bonds is 1. The smallest absolute Gasteiger partial charge is 0.0450 e. The molecule has 0 bridgehead atoms. The molecule has 1 nitrogen and oxygen atoms in total. The van der Waals surface area contributed by atoms with E-state index in [9.17, 15) is 0 Å². The number of hydrogen-bond acceptors (Lipinski definition) is 2. The Kier molecular flexibility index (Phi) is 2.42. The lowest BCUT2D eigenvalue weighted by molar-refractivity contribution is 0.278. The minimum atomic E-state index is 0.792. The molecule has 0 aromatic heterocycles. The van der Waals surface area contributed by atoms with Gasteiger partial charge in [-0.15, -0.1) is 11.8 Å². The van der Waals surface area contributed by atoms with Gasteiger partial charge in [0.1, 0.15) is 0 Å². The largest absolute Gasteiger partial charge is 0.291 e. The summed E-state index contributed by atoms with van der Waals surface area (Å²) in [7, 11) is 0. The topological polar surface area (TPSA) is 3.24 Å². The van der Waals surface area contributed by atoms with E-state index in [-0.39, 0.29) is 0 Å². The van der Waals surface area contributed by atoms with Gasteiger partial charge in [-0.3, -0.25) is 4.90 Å². The molecule has 0 N–H and O–H groups in total. The summed E-state index contributed by atoms with van der Waals surface area (Å²) < 4.78 is 0. The molecule has 2 atom stereocenters. The summed E-state index contributed by atoms with van der Waals surface area (Å²) in [4.78, 5) is 2.51. The summed E-state index contributed by atoms with van der Waals surface area (Å²) in [5.74, 6) is 1.23. The third kappa shape index (κ3) is 1.41. The molecule has 1 aliphatic rings. The molecule has 1 aliphatic heterocycles. The van der Waals surface area contributed by atoms with Crippen molar-refractivity contribution in [2.75, 3.05) is 12.4 Å². The molecule has 9 heavy (non-hydrogen) atoms. The summed E-state index contributed by atoms with van der Waals surface area (Å²) in [6.07, 6.45) is 0. The molecular weight excluding hydrogens is 130 g/mol. The highest BCUT2D eigenvalue weighted by molar-refractivity contribution is 8.00. The zero-order valence-electron chi connectivity index (χ0n) is 6.42. The fourth-order valence-corrected chi connectivity index (χ4v) is 2.44. The highest BCUT2D eigenvalue weighted by Crippen LogP contribution is 2.27. The van der Waals surface area contributed by atoms with Gasteiger partial charge in [-0.25, -0.2) is 0 Å². The van der Waals surface area contributed by atoms with Crippen molar-refractivity contribution in [3.05, 3.63) is 0 Å². The average molecular weight is 145 g/mol. The first-order valence-electron chi connectivity index (χ1n) is 3.61. The lowest BCUT2D eigenvalue weighted by atomic mass is 10.2. The van der Waals surface area contributed by atoms with E-state index >= 15 is 0 Å². The van der Waals surface area contributed by atoms with Crippen LogP contribution < -0.4 is 0 Å². The summed E-state index contributed by atoms with van der Waals surface area (Å²) in [6.45, 7) is 8.06. The monoisotopic (exact) mass is 145 g/mol. The highest BCUT2D eigenvalue weighted by atomic mass is 32.2. The van der Waals surface area contributed by atoms with Gasteiger partial charge >= 0.3 is 0 Å². The first-order chi connectivity index (χ1) is 4.25. The van der Waals surface area contributed by atoms with Crippen LogP contribution >= 0.6 is 11.8 Å². The molecule has 0 aliphatic carbocycles. The second-order valence-electron chi connectivity index (χ2n) is 2.65. The van der Waals surface area contributed by atoms with Crippen LogP contribution in [0.3, 0.4) is 0 Å². The predicted octanol–water partition coefficient (Wildman–Crippen LogP) is 1.79. The molecule has 1 saturated heterocycles. The molecule has 0 radical (unpaired) electrons. The van der Waals surface area contributed by atoms with E-state index in [1.165, 1.54) is 12.4 Å². The SMILES string of the molecule is CCN1CS[C@@H](C)[C@H]1C. The van der Waals surface area contributed by atoms with Gasteiger partial charge in [-0.2, -0.15) is 0 Å². The maximum Gasteiger partial charge on any atom is 0.0450 e. The van der Waals surface area contributed by atoms with Crippen LogP contribution in [0, 0.1) is 0 Å². The molecule has 0 unspecified atom stereocenters. The van der Waals surface area contributed by atoms with Crippen LogP contribution in [-0.2, 0) is 0 Å². The van der Waals surface area contributed by atoms with E-state index < -0.39 is 0 Å². The minimum absolute atomic E-state index is 0.792. The Labute approximate surface area is 61.8 Å². The van der Waals surface area contributed by atoms with Crippen LogP contribution in [0.1, 0.15) is 20.8 Å². The predicted molar refractivity (Wildman–Crippen MR) is 43.8 cm³/mol. The zero-order valence-corrected chi connectivity index (χ0v) is 7.24. The molecule has 0 spiro atoms. The van der Waals surface area contributed by atoms with Crippen LogP contribution in [0.4, 0.5) is 0 Å². The van der Waals surface area contributed by atoms with E-state index in [0.29, 0.717) is 0 Å². The van der Waals surface area contributed by atoms with Crippen molar-refractivity contribution in [3.8, 4) is 0 Å². The lowest BCUT2D eigenvalue weighted by Crippen LogP contribution is -2.30. The van der Waals surface area contributed by atoms with Gasteiger partial charge in [0, 0.05) is 17.2 Å². The van der Waals surface area contributed by atoms with Gasteiger partial charge in [-0.05, 0) is 13.5 Å². The molecule has 54 valence electrons. The molecule has 0 aromatic rings. The van der Waals surface area contributed by atoms with Crippen LogP contribution in [0.25, 0.3) is 0 Å². The summed E-state index contributed by atoms with van der Waals surface area (Å²) in [6, 6.07) is 0.792. The first kappa shape index (κ1) is 7.42. The fraction of sp³-hybridized carbons (Fsp3) is 1.00. The van der Waals surface area contributed by atoms with Crippen molar-refractivity contribution in [2.45, 2.75) is 32.1 Å². The van der Waals surface area contributed by atoms with E-state index in [1.54, 1.807) is 0 Å². The Morgan fingerprint density at radius 3 is 2.44 bits per heavy atom. The minimum Gasteiger partial charge on any atom is -0.291 e. The van der Waals surface area contributed by atoms with Crippen molar-refractivity contribution in [2.24, 2.45) is 0 Å². The molecule has 2 heteroatoms. The first-order valence-corrected chi connectivity index (χ1v) is 4.66. The van der Waals surface area contributed by atoms with E-state index in [1.807, 2.05) is 0 Å². The van der Waals surface area contributed by atoms with Crippen molar-refractivity contribution in [1.82, 2.24) is 4.90 Å². The van der Waals surface area contributed by atoms with Crippen molar-refractivity contribution < 1.29 is 0 Å². The Morgan fingerprint density at radius 1 is 1.56 bits per heavy atom. The third-order valence-corrected chi connectivity index (χ3v) is 3.57. The molecule has 1 fully saturated rings. The van der Waals surface area contributed by atoms with Crippen molar-refractivity contribution in [3.63, 3.8) is 0 Å². The van der Waals surface area contributed by atoms with Gasteiger partial charge in [0.25, 0.3) is 0 Å². The fourth-order valence-electron chi connectivity index (χ4n) is 1.15. The maximum absolute atomic E-state index is 2.51. The average Bonchev–Trinajstić information content (AvgIpc) is 2.15. The Morgan fingerprint density at radius 2 is 2.22 bits per heavy atom. The summed E-state index contributed by atoms with van der Waals surface area (Å²) in [5, 5.41) is 0.838. The lowest BCUT2D eigenvalue weighted by Gasteiger charge is -2.19. The maximum atomic E-state index is 2.51. The molecule has 1 heterocycles. The molecular formula is C7H15NS. The standard InChI is InChI=1S/C7H15NS/c1-4-8-5-9-7(3)6(8)2/h6-7H,4-5H2,1-3H3/t6-,7+/m1/s1. The van der Waals surface area contributed by atoms with Crippen LogP contribution in [-0.4, -0.2) is 28.6 Å². The normalized spacial score (nSPS) is 37.7.